The Morgan fingerprint density at radius 3 is 3.05 bits per heavy atom. The number of ether oxygens (including phenoxy) is 1. The summed E-state index contributed by atoms with van der Waals surface area (Å²) in [6.45, 7) is 4.10. The van der Waals surface area contributed by atoms with E-state index in [1.54, 1.807) is 0 Å². The fourth-order valence-corrected chi connectivity index (χ4v) is 1.55. The van der Waals surface area contributed by atoms with Gasteiger partial charge in [0, 0.05) is 12.7 Å². The molecular weight excluding hydrogens is 274 g/mol. The zero-order chi connectivity index (χ0) is 14.3. The van der Waals surface area contributed by atoms with Gasteiger partial charge in [0.1, 0.15) is 5.56 Å². The van der Waals surface area contributed by atoms with E-state index in [0.29, 0.717) is 19.6 Å². The molecule has 0 atom stereocenters. The topological polar surface area (TPSA) is 94.4 Å². The minimum Gasteiger partial charge on any atom is -0.502 e. The molecule has 0 fully saturated rings. The van der Waals surface area contributed by atoms with E-state index in [1.807, 2.05) is 0 Å². The molecule has 102 valence electrons. The maximum absolute atomic E-state index is 11.8. The van der Waals surface area contributed by atoms with E-state index in [9.17, 15) is 14.9 Å². The van der Waals surface area contributed by atoms with E-state index in [0.717, 1.165) is 0 Å². The maximum atomic E-state index is 11.8. The summed E-state index contributed by atoms with van der Waals surface area (Å²) in [7, 11) is 0. The average molecular weight is 286 g/mol. The smallest absolute Gasteiger partial charge is 0.319 e. The first-order valence-electron chi connectivity index (χ1n) is 5.37. The van der Waals surface area contributed by atoms with Crippen molar-refractivity contribution in [2.24, 2.45) is 0 Å². The van der Waals surface area contributed by atoms with Crippen LogP contribution in [0.15, 0.2) is 25.1 Å². The zero-order valence-corrected chi connectivity index (χ0v) is 10.7. The van der Waals surface area contributed by atoms with E-state index >= 15 is 0 Å². The predicted molar refractivity (Wildman–Crippen MR) is 69.0 cm³/mol. The molecule has 1 amide bonds. The normalized spacial score (nSPS) is 9.74. The Morgan fingerprint density at radius 2 is 2.42 bits per heavy atom. The molecule has 1 rings (SSSR count). The monoisotopic (exact) mass is 285 g/mol. The van der Waals surface area contributed by atoms with Crippen LogP contribution in [0.1, 0.15) is 16.8 Å². The molecule has 0 unspecified atom stereocenters. The minimum atomic E-state index is -0.731. The third-order valence-electron chi connectivity index (χ3n) is 2.15. The average Bonchev–Trinajstić information content (AvgIpc) is 2.37. The highest BCUT2D eigenvalue weighted by Crippen LogP contribution is 2.25. The van der Waals surface area contributed by atoms with Crippen molar-refractivity contribution < 1.29 is 14.5 Å². The van der Waals surface area contributed by atoms with Gasteiger partial charge in [0.25, 0.3) is 5.91 Å². The van der Waals surface area contributed by atoms with Crippen LogP contribution < -0.4 is 5.32 Å². The summed E-state index contributed by atoms with van der Waals surface area (Å²) in [4.78, 5) is 25.5. The lowest BCUT2D eigenvalue weighted by molar-refractivity contribution is -0.385. The van der Waals surface area contributed by atoms with Gasteiger partial charge >= 0.3 is 5.69 Å². The Hall–Kier alpha value is -2.15. The molecule has 0 aromatic carbocycles. The number of carbonyl (C=O) groups excluding carboxylic acids is 1. The molecule has 0 saturated carbocycles. The van der Waals surface area contributed by atoms with Crippen LogP contribution in [0.5, 0.6) is 0 Å². The van der Waals surface area contributed by atoms with Gasteiger partial charge in [-0.05, 0) is 12.5 Å². The number of nitrogens with one attached hydrogen (secondary N) is 1. The third-order valence-corrected chi connectivity index (χ3v) is 2.43. The lowest BCUT2D eigenvalue weighted by atomic mass is 10.2. The van der Waals surface area contributed by atoms with Crippen LogP contribution in [0.2, 0.25) is 5.15 Å². The Balaban J connectivity index is 2.69. The number of amides is 1. The van der Waals surface area contributed by atoms with E-state index in [4.69, 9.17) is 16.3 Å². The number of nitro groups is 1. The lowest BCUT2D eigenvalue weighted by Crippen LogP contribution is -2.26. The fraction of sp³-hybridized carbons (Fsp3) is 0.273. The molecular formula is C11H12ClN3O4. The van der Waals surface area contributed by atoms with Crippen molar-refractivity contribution in [2.45, 2.75) is 6.42 Å². The molecule has 19 heavy (non-hydrogen) atoms. The quantitative estimate of drug-likeness (QED) is 0.271. The molecule has 1 aromatic heterocycles. The summed E-state index contributed by atoms with van der Waals surface area (Å²) >= 11 is 5.61. The summed E-state index contributed by atoms with van der Waals surface area (Å²) in [5.41, 5.74) is -0.612. The minimum absolute atomic E-state index is 0.116. The summed E-state index contributed by atoms with van der Waals surface area (Å²) < 4.78 is 4.88. The summed E-state index contributed by atoms with van der Waals surface area (Å²) in [6.07, 6.45) is 3.10. The number of hydrogen-bond donors (Lipinski definition) is 1. The Bertz CT molecular complexity index is 493. The van der Waals surface area contributed by atoms with Crippen molar-refractivity contribution in [3.8, 4) is 0 Å². The molecule has 1 N–H and O–H groups in total. The van der Waals surface area contributed by atoms with E-state index in [-0.39, 0.29) is 10.7 Å². The first-order valence-corrected chi connectivity index (χ1v) is 5.75. The molecule has 0 aliphatic rings. The van der Waals surface area contributed by atoms with Crippen molar-refractivity contribution in [3.05, 3.63) is 45.9 Å². The first-order chi connectivity index (χ1) is 9.07. The van der Waals surface area contributed by atoms with Crippen LogP contribution in [0.25, 0.3) is 0 Å². The number of nitrogens with zero attached hydrogens (tertiary/aromatic N) is 2. The molecule has 7 nitrogen and oxygen atoms in total. The highest BCUT2D eigenvalue weighted by Gasteiger charge is 2.24. The van der Waals surface area contributed by atoms with Gasteiger partial charge in [-0.1, -0.05) is 18.2 Å². The Morgan fingerprint density at radius 1 is 1.68 bits per heavy atom. The van der Waals surface area contributed by atoms with Crippen LogP contribution in [0.3, 0.4) is 0 Å². The SMILES string of the molecule is C=COCCCNC(=O)c1ccnc(Cl)c1[N+](=O)[O-]. The second-order valence-electron chi connectivity index (χ2n) is 3.40. The Labute approximate surface area is 114 Å². The number of aromatic nitrogens is 1. The van der Waals surface area contributed by atoms with Crippen molar-refractivity contribution in [1.29, 1.82) is 0 Å². The van der Waals surface area contributed by atoms with Gasteiger partial charge in [-0.3, -0.25) is 14.9 Å². The van der Waals surface area contributed by atoms with Crippen LogP contribution in [-0.4, -0.2) is 29.0 Å². The van der Waals surface area contributed by atoms with Gasteiger partial charge in [0.15, 0.2) is 0 Å². The Kier molecular flexibility index (Phi) is 5.74. The van der Waals surface area contributed by atoms with Gasteiger partial charge in [0.05, 0.1) is 17.8 Å². The third kappa shape index (κ3) is 4.22. The lowest BCUT2D eigenvalue weighted by Gasteiger charge is -2.06. The predicted octanol–water partition coefficient (Wildman–Crippen LogP) is 1.92. The number of rotatable bonds is 7. The summed E-state index contributed by atoms with van der Waals surface area (Å²) in [5, 5.41) is 13.1. The van der Waals surface area contributed by atoms with E-state index < -0.39 is 16.5 Å². The molecule has 1 aromatic rings. The molecule has 8 heteroatoms. The number of hydrogen-bond acceptors (Lipinski definition) is 5. The van der Waals surface area contributed by atoms with Gasteiger partial charge in [-0.2, -0.15) is 0 Å². The van der Waals surface area contributed by atoms with Crippen LogP contribution in [0.4, 0.5) is 5.69 Å². The molecule has 0 spiro atoms. The molecule has 0 bridgehead atoms. The molecule has 0 saturated heterocycles. The van der Waals surface area contributed by atoms with Crippen LogP contribution >= 0.6 is 11.6 Å². The number of halogens is 1. The highest BCUT2D eigenvalue weighted by molar-refractivity contribution is 6.32. The summed E-state index contributed by atoms with van der Waals surface area (Å²) in [6, 6.07) is 1.25. The van der Waals surface area contributed by atoms with Crippen molar-refractivity contribution in [1.82, 2.24) is 10.3 Å². The molecule has 0 aliphatic carbocycles. The molecule has 0 aliphatic heterocycles. The fourth-order valence-electron chi connectivity index (χ4n) is 1.32. The van der Waals surface area contributed by atoms with Crippen molar-refractivity contribution in [2.75, 3.05) is 13.2 Å². The largest absolute Gasteiger partial charge is 0.502 e. The summed E-state index contributed by atoms with van der Waals surface area (Å²) in [5.74, 6) is -0.574. The van der Waals surface area contributed by atoms with Crippen molar-refractivity contribution in [3.63, 3.8) is 0 Å². The van der Waals surface area contributed by atoms with Gasteiger partial charge in [-0.25, -0.2) is 4.98 Å². The van der Waals surface area contributed by atoms with E-state index in [1.165, 1.54) is 18.5 Å². The number of pyridine rings is 1. The second-order valence-corrected chi connectivity index (χ2v) is 3.76. The van der Waals surface area contributed by atoms with Crippen molar-refractivity contribution >= 4 is 23.2 Å². The van der Waals surface area contributed by atoms with Crippen LogP contribution in [-0.2, 0) is 4.74 Å². The standard InChI is InChI=1S/C11H12ClN3O4/c1-2-19-7-3-5-14-11(16)8-4-6-13-10(12)9(8)15(17)18/h2,4,6H,1,3,5,7H2,(H,14,16). The van der Waals surface area contributed by atoms with Gasteiger partial charge < -0.3 is 10.1 Å². The molecule has 0 radical (unpaired) electrons. The van der Waals surface area contributed by atoms with E-state index in [2.05, 4.69) is 16.9 Å². The zero-order valence-electron chi connectivity index (χ0n) is 9.97. The first kappa shape index (κ1) is 14.9. The second kappa shape index (κ2) is 7.32. The molecule has 1 heterocycles. The number of carbonyl (C=O) groups is 1. The van der Waals surface area contributed by atoms with Gasteiger partial charge in [-0.15, -0.1) is 0 Å². The van der Waals surface area contributed by atoms with Gasteiger partial charge in [0.2, 0.25) is 5.15 Å². The maximum Gasteiger partial charge on any atom is 0.319 e. The highest BCUT2D eigenvalue weighted by atomic mass is 35.5. The van der Waals surface area contributed by atoms with Crippen LogP contribution in [0, 0.1) is 10.1 Å².